The zero-order valence-corrected chi connectivity index (χ0v) is 23.6. The number of hydrogen-bond donors (Lipinski definition) is 0. The molecule has 0 bridgehead atoms. The molecule has 0 unspecified atom stereocenters. The molecule has 0 aromatic heterocycles. The summed E-state index contributed by atoms with van der Waals surface area (Å²) in [5.41, 5.74) is 4.59. The number of carbonyl (C=O) groups is 1. The van der Waals surface area contributed by atoms with Gasteiger partial charge in [-0.25, -0.2) is 0 Å². The van der Waals surface area contributed by atoms with Crippen molar-refractivity contribution in [3.05, 3.63) is 83.4 Å². The molecule has 1 atom stereocenters. The zero-order chi connectivity index (χ0) is 27.7. The van der Waals surface area contributed by atoms with Crippen LogP contribution in [-0.2, 0) is 4.79 Å². The first kappa shape index (κ1) is 26.5. The van der Waals surface area contributed by atoms with Gasteiger partial charge in [-0.1, -0.05) is 36.8 Å². The normalized spacial score (nSPS) is 18.5. The zero-order valence-electron chi connectivity index (χ0n) is 23.6. The molecule has 0 aliphatic carbocycles. The van der Waals surface area contributed by atoms with Crippen molar-refractivity contribution in [3.8, 4) is 23.0 Å². The lowest BCUT2D eigenvalue weighted by Crippen LogP contribution is -2.33. The number of benzene rings is 3. The summed E-state index contributed by atoms with van der Waals surface area (Å²) < 4.78 is 24.6. The molecule has 3 aromatic carbocycles. The van der Waals surface area contributed by atoms with Crippen molar-refractivity contribution >= 4 is 17.1 Å². The second kappa shape index (κ2) is 11.0. The molecule has 208 valence electrons. The summed E-state index contributed by atoms with van der Waals surface area (Å²) in [5.74, 6) is 2.57. The van der Waals surface area contributed by atoms with Crippen molar-refractivity contribution in [2.75, 3.05) is 32.8 Å². The first-order valence-electron chi connectivity index (χ1n) is 14.3. The molecule has 6 nitrogen and oxygen atoms in total. The molecular formula is C34H37NO5. The van der Waals surface area contributed by atoms with E-state index in [1.165, 1.54) is 32.4 Å². The van der Waals surface area contributed by atoms with Gasteiger partial charge in [0, 0.05) is 34.9 Å². The molecule has 3 aromatic rings. The van der Waals surface area contributed by atoms with E-state index in [0.717, 1.165) is 45.9 Å². The van der Waals surface area contributed by atoms with Crippen LogP contribution in [-0.4, -0.2) is 43.7 Å². The Morgan fingerprint density at radius 3 is 2.42 bits per heavy atom. The molecule has 0 amide bonds. The topological polar surface area (TPSA) is 57.2 Å². The lowest BCUT2D eigenvalue weighted by molar-refractivity contribution is -0.143. The molecule has 1 fully saturated rings. The Labute approximate surface area is 236 Å². The second-order valence-electron chi connectivity index (χ2n) is 11.8. The molecule has 6 heteroatoms. The minimum absolute atomic E-state index is 0.287. The maximum atomic E-state index is 12.5. The summed E-state index contributed by atoms with van der Waals surface area (Å²) in [6.45, 7) is 9.95. The van der Waals surface area contributed by atoms with E-state index in [2.05, 4.69) is 23.1 Å². The van der Waals surface area contributed by atoms with Crippen LogP contribution in [0.2, 0.25) is 0 Å². The van der Waals surface area contributed by atoms with Gasteiger partial charge in [-0.15, -0.1) is 0 Å². The van der Waals surface area contributed by atoms with E-state index in [4.69, 9.17) is 18.9 Å². The van der Waals surface area contributed by atoms with Gasteiger partial charge in [0.25, 0.3) is 0 Å². The fourth-order valence-electron chi connectivity index (χ4n) is 5.54. The van der Waals surface area contributed by atoms with Crippen molar-refractivity contribution in [1.29, 1.82) is 0 Å². The van der Waals surface area contributed by atoms with E-state index in [-0.39, 0.29) is 12.1 Å². The van der Waals surface area contributed by atoms with Crippen molar-refractivity contribution in [3.63, 3.8) is 0 Å². The smallest absolute Gasteiger partial charge is 0.316 e. The van der Waals surface area contributed by atoms with Crippen molar-refractivity contribution in [2.24, 2.45) is 5.41 Å². The van der Waals surface area contributed by atoms with Crippen molar-refractivity contribution in [2.45, 2.75) is 46.1 Å². The van der Waals surface area contributed by atoms with Crippen LogP contribution >= 0.6 is 0 Å². The van der Waals surface area contributed by atoms with Crippen LogP contribution in [0.25, 0.3) is 11.1 Å². The molecule has 6 rings (SSSR count). The summed E-state index contributed by atoms with van der Waals surface area (Å²) in [6.07, 6.45) is 3.56. The van der Waals surface area contributed by atoms with E-state index in [9.17, 15) is 4.79 Å². The molecule has 3 heterocycles. The van der Waals surface area contributed by atoms with E-state index in [0.29, 0.717) is 24.7 Å². The number of rotatable bonds is 6. The standard InChI is InChI=1S/C34H37NO5/c1-34(2,3)33(36)39-25-15-16-26-28-22-38-29-10-6-5-9-27(29)31(28)32(40-30(26)21-25)23-11-13-24(14-12-23)37-20-19-35-17-7-4-8-18-35/h5-6,9-16,21,32H,4,7-8,17-20,22H2,1-3H3/t32-/m0/s1. The van der Waals surface area contributed by atoms with Crippen LogP contribution in [0.4, 0.5) is 0 Å². The average molecular weight is 540 g/mol. The quantitative estimate of drug-likeness (QED) is 0.250. The van der Waals surface area contributed by atoms with Gasteiger partial charge < -0.3 is 18.9 Å². The predicted octanol–water partition coefficient (Wildman–Crippen LogP) is 6.94. The highest BCUT2D eigenvalue weighted by atomic mass is 16.5. The molecule has 3 aliphatic heterocycles. The minimum Gasteiger partial charge on any atom is -0.492 e. The van der Waals surface area contributed by atoms with Gasteiger partial charge in [0.1, 0.15) is 36.2 Å². The number of carbonyl (C=O) groups excluding carboxylic acids is 1. The molecule has 3 aliphatic rings. The largest absolute Gasteiger partial charge is 0.492 e. The molecule has 40 heavy (non-hydrogen) atoms. The molecule has 0 saturated carbocycles. The Balaban J connectivity index is 1.28. The summed E-state index contributed by atoms with van der Waals surface area (Å²) >= 11 is 0. The Morgan fingerprint density at radius 1 is 0.900 bits per heavy atom. The summed E-state index contributed by atoms with van der Waals surface area (Å²) in [4.78, 5) is 15.0. The Morgan fingerprint density at radius 2 is 1.65 bits per heavy atom. The third kappa shape index (κ3) is 5.46. The monoisotopic (exact) mass is 539 g/mol. The molecule has 0 spiro atoms. The lowest BCUT2D eigenvalue weighted by atomic mass is 9.84. The Kier molecular flexibility index (Phi) is 7.28. The first-order chi connectivity index (χ1) is 19.4. The number of piperidine rings is 1. The highest BCUT2D eigenvalue weighted by Crippen LogP contribution is 2.51. The van der Waals surface area contributed by atoms with Crippen LogP contribution in [0.3, 0.4) is 0 Å². The molecule has 0 N–H and O–H groups in total. The predicted molar refractivity (Wildman–Crippen MR) is 156 cm³/mol. The van der Waals surface area contributed by atoms with Gasteiger partial charge in [-0.3, -0.25) is 9.69 Å². The highest BCUT2D eigenvalue weighted by Gasteiger charge is 2.35. The average Bonchev–Trinajstić information content (AvgIpc) is 2.97. The fraction of sp³-hybridized carbons (Fsp3) is 0.382. The Hall–Kier alpha value is -3.77. The van der Waals surface area contributed by atoms with E-state index in [1.807, 2.05) is 69.3 Å². The molecule has 0 radical (unpaired) electrons. The maximum Gasteiger partial charge on any atom is 0.316 e. The second-order valence-corrected chi connectivity index (χ2v) is 11.8. The molecular weight excluding hydrogens is 502 g/mol. The number of likely N-dealkylation sites (tertiary alicyclic amines) is 1. The summed E-state index contributed by atoms with van der Waals surface area (Å²) in [6, 6.07) is 21.9. The van der Waals surface area contributed by atoms with Gasteiger partial charge in [-0.05, 0) is 82.6 Å². The maximum absolute atomic E-state index is 12.5. The number of esters is 1. The highest BCUT2D eigenvalue weighted by molar-refractivity contribution is 5.99. The van der Waals surface area contributed by atoms with Crippen LogP contribution < -0.4 is 18.9 Å². The number of fused-ring (bicyclic) bond motifs is 4. The third-order valence-corrected chi connectivity index (χ3v) is 7.79. The van der Waals surface area contributed by atoms with Gasteiger partial charge in [0.2, 0.25) is 0 Å². The van der Waals surface area contributed by atoms with E-state index in [1.54, 1.807) is 0 Å². The number of hydrogen-bond acceptors (Lipinski definition) is 6. The van der Waals surface area contributed by atoms with Gasteiger partial charge in [0.15, 0.2) is 6.10 Å². The third-order valence-electron chi connectivity index (χ3n) is 7.79. The van der Waals surface area contributed by atoms with Gasteiger partial charge in [-0.2, -0.15) is 0 Å². The van der Waals surface area contributed by atoms with E-state index < -0.39 is 5.41 Å². The molecule has 1 saturated heterocycles. The van der Waals surface area contributed by atoms with Crippen molar-refractivity contribution in [1.82, 2.24) is 4.90 Å². The summed E-state index contributed by atoms with van der Waals surface area (Å²) in [7, 11) is 0. The van der Waals surface area contributed by atoms with Crippen LogP contribution in [0.1, 0.15) is 62.8 Å². The van der Waals surface area contributed by atoms with Crippen molar-refractivity contribution < 1.29 is 23.7 Å². The number of para-hydroxylation sites is 1. The van der Waals surface area contributed by atoms with Crippen LogP contribution in [0.15, 0.2) is 66.7 Å². The minimum atomic E-state index is -0.604. The van der Waals surface area contributed by atoms with Crippen LogP contribution in [0.5, 0.6) is 23.0 Å². The SMILES string of the molecule is CC(C)(C)C(=O)Oc1ccc2c(c1)O[C@@H](c1ccc(OCCN3CCCCC3)cc1)C1=C2COc2ccccc21. The van der Waals surface area contributed by atoms with E-state index >= 15 is 0 Å². The number of ether oxygens (including phenoxy) is 4. The number of nitrogens with zero attached hydrogens (tertiary/aromatic N) is 1. The summed E-state index contributed by atoms with van der Waals surface area (Å²) in [5, 5.41) is 0. The fourth-order valence-corrected chi connectivity index (χ4v) is 5.54. The Bertz CT molecular complexity index is 1410. The van der Waals surface area contributed by atoms with Gasteiger partial charge >= 0.3 is 5.97 Å². The first-order valence-corrected chi connectivity index (χ1v) is 14.3. The van der Waals surface area contributed by atoms with Crippen LogP contribution in [0, 0.1) is 5.41 Å². The lowest BCUT2D eigenvalue weighted by Gasteiger charge is -2.35. The van der Waals surface area contributed by atoms with Gasteiger partial charge in [0.05, 0.1) is 5.41 Å².